The molecule has 0 saturated carbocycles. The molecule has 8 heteroatoms. The van der Waals surface area contributed by atoms with E-state index < -0.39 is 5.91 Å². The Hall–Kier alpha value is -2.31. The molecule has 2 aromatic rings. The molecule has 26 heavy (non-hydrogen) atoms. The summed E-state index contributed by atoms with van der Waals surface area (Å²) >= 11 is 12.2. The van der Waals surface area contributed by atoms with E-state index in [9.17, 15) is 9.59 Å². The van der Waals surface area contributed by atoms with Crippen LogP contribution >= 0.6 is 23.2 Å². The van der Waals surface area contributed by atoms with Gasteiger partial charge in [-0.15, -0.1) is 0 Å². The number of carbonyl (C=O) groups excluding carboxylic acids is 2. The molecule has 0 radical (unpaired) electrons. The lowest BCUT2D eigenvalue weighted by atomic mass is 10.1. The van der Waals surface area contributed by atoms with Crippen molar-refractivity contribution in [3.05, 3.63) is 57.7 Å². The molecule has 1 aromatic carbocycles. The molecule has 0 unspecified atom stereocenters. The second-order valence-corrected chi connectivity index (χ2v) is 6.91. The van der Waals surface area contributed by atoms with Crippen molar-refractivity contribution in [2.45, 2.75) is 6.42 Å². The van der Waals surface area contributed by atoms with Crippen molar-refractivity contribution in [3.63, 3.8) is 0 Å². The molecule has 0 spiro atoms. The number of primary amides is 1. The number of halogens is 2. The monoisotopic (exact) mass is 392 g/mol. The Kier molecular flexibility index (Phi) is 5.64. The lowest BCUT2D eigenvalue weighted by molar-refractivity contribution is -0.130. The van der Waals surface area contributed by atoms with Crippen LogP contribution in [0.1, 0.15) is 15.9 Å². The molecule has 2 heterocycles. The molecular weight excluding hydrogens is 375 g/mol. The van der Waals surface area contributed by atoms with Crippen LogP contribution in [-0.2, 0) is 11.2 Å². The van der Waals surface area contributed by atoms with Crippen molar-refractivity contribution < 1.29 is 9.59 Å². The third-order valence-corrected chi connectivity index (χ3v) is 4.80. The predicted molar refractivity (Wildman–Crippen MR) is 102 cm³/mol. The minimum atomic E-state index is -0.567. The minimum Gasteiger partial charge on any atom is -0.366 e. The van der Waals surface area contributed by atoms with Gasteiger partial charge < -0.3 is 15.5 Å². The fourth-order valence-electron chi connectivity index (χ4n) is 2.90. The van der Waals surface area contributed by atoms with Gasteiger partial charge in [-0.1, -0.05) is 35.3 Å². The number of nitrogens with zero attached hydrogens (tertiary/aromatic N) is 3. The number of hydrogen-bond acceptors (Lipinski definition) is 4. The van der Waals surface area contributed by atoms with Gasteiger partial charge in [0, 0.05) is 37.4 Å². The van der Waals surface area contributed by atoms with Crippen LogP contribution in [-0.4, -0.2) is 47.9 Å². The number of hydrogen-bond donors (Lipinski definition) is 1. The Labute approximate surface area is 161 Å². The molecule has 136 valence electrons. The van der Waals surface area contributed by atoms with Gasteiger partial charge in [-0.25, -0.2) is 4.98 Å². The zero-order chi connectivity index (χ0) is 18.7. The third kappa shape index (κ3) is 4.26. The quantitative estimate of drug-likeness (QED) is 0.865. The average Bonchev–Trinajstić information content (AvgIpc) is 2.61. The smallest absolute Gasteiger partial charge is 0.250 e. The first-order valence-corrected chi connectivity index (χ1v) is 8.92. The van der Waals surface area contributed by atoms with Gasteiger partial charge in [0.05, 0.1) is 17.0 Å². The highest BCUT2D eigenvalue weighted by molar-refractivity contribution is 6.33. The maximum Gasteiger partial charge on any atom is 0.250 e. The van der Waals surface area contributed by atoms with E-state index in [1.165, 1.54) is 12.3 Å². The molecule has 2 amide bonds. The van der Waals surface area contributed by atoms with E-state index in [0.29, 0.717) is 48.5 Å². The molecule has 1 aliphatic rings. The maximum absolute atomic E-state index is 12.5. The van der Waals surface area contributed by atoms with Gasteiger partial charge in [-0.05, 0) is 23.8 Å². The summed E-state index contributed by atoms with van der Waals surface area (Å²) in [4.78, 5) is 31.7. The number of rotatable bonds is 4. The molecule has 0 atom stereocenters. The third-order valence-electron chi connectivity index (χ3n) is 4.28. The summed E-state index contributed by atoms with van der Waals surface area (Å²) in [5, 5.41) is 1.00. The predicted octanol–water partition coefficient (Wildman–Crippen LogP) is 2.38. The molecule has 0 aliphatic carbocycles. The second kappa shape index (κ2) is 7.93. The number of carbonyl (C=O) groups is 2. The van der Waals surface area contributed by atoms with Crippen molar-refractivity contribution in [2.75, 3.05) is 31.1 Å². The summed E-state index contributed by atoms with van der Waals surface area (Å²) in [5.41, 5.74) is 6.40. The van der Waals surface area contributed by atoms with Crippen LogP contribution in [0.4, 0.5) is 5.82 Å². The van der Waals surface area contributed by atoms with E-state index in [0.717, 1.165) is 5.56 Å². The number of piperazine rings is 1. The molecule has 1 saturated heterocycles. The Morgan fingerprint density at radius 1 is 1.12 bits per heavy atom. The maximum atomic E-state index is 12.5. The van der Waals surface area contributed by atoms with Gasteiger partial charge in [-0.2, -0.15) is 0 Å². The largest absolute Gasteiger partial charge is 0.366 e. The van der Waals surface area contributed by atoms with Gasteiger partial charge >= 0.3 is 0 Å². The molecule has 6 nitrogen and oxygen atoms in total. The Morgan fingerprint density at radius 3 is 2.46 bits per heavy atom. The van der Waals surface area contributed by atoms with Crippen LogP contribution in [0.2, 0.25) is 10.0 Å². The standard InChI is InChI=1S/C18H18Cl2N4O2/c19-14-3-1-2-12(8-14)9-16(25)23-4-6-24(7-5-23)18-15(20)10-13(11-22-18)17(21)26/h1-3,8,10-11H,4-7,9H2,(H2,21,26). The summed E-state index contributed by atoms with van der Waals surface area (Å²) in [6.45, 7) is 2.39. The fraction of sp³-hybridized carbons (Fsp3) is 0.278. The van der Waals surface area contributed by atoms with E-state index in [2.05, 4.69) is 4.98 Å². The number of benzene rings is 1. The average molecular weight is 393 g/mol. The summed E-state index contributed by atoms with van der Waals surface area (Å²) in [6, 6.07) is 8.84. The number of aromatic nitrogens is 1. The molecule has 3 rings (SSSR count). The van der Waals surface area contributed by atoms with Crippen molar-refractivity contribution in [1.82, 2.24) is 9.88 Å². The number of nitrogens with two attached hydrogens (primary N) is 1. The van der Waals surface area contributed by atoms with Gasteiger partial charge in [0.2, 0.25) is 11.8 Å². The summed E-state index contributed by atoms with van der Waals surface area (Å²) in [5.74, 6) is 0.0936. The Bertz CT molecular complexity index is 836. The molecule has 2 N–H and O–H groups in total. The van der Waals surface area contributed by atoms with Gasteiger partial charge in [0.25, 0.3) is 0 Å². The van der Waals surface area contributed by atoms with Crippen LogP contribution in [0.25, 0.3) is 0 Å². The van der Waals surface area contributed by atoms with Crippen molar-refractivity contribution >= 4 is 40.8 Å². The number of amides is 2. The first kappa shape index (κ1) is 18.5. The molecule has 0 bridgehead atoms. The molecule has 1 aliphatic heterocycles. The van der Waals surface area contributed by atoms with E-state index in [-0.39, 0.29) is 11.5 Å². The van der Waals surface area contributed by atoms with E-state index in [4.69, 9.17) is 28.9 Å². The van der Waals surface area contributed by atoms with Crippen molar-refractivity contribution in [2.24, 2.45) is 5.73 Å². The Balaban J connectivity index is 1.60. The Morgan fingerprint density at radius 2 is 1.85 bits per heavy atom. The minimum absolute atomic E-state index is 0.0649. The highest BCUT2D eigenvalue weighted by Crippen LogP contribution is 2.25. The molecule has 1 fully saturated rings. The highest BCUT2D eigenvalue weighted by Gasteiger charge is 2.23. The van der Waals surface area contributed by atoms with Gasteiger partial charge in [0.15, 0.2) is 0 Å². The van der Waals surface area contributed by atoms with Crippen LogP contribution < -0.4 is 10.6 Å². The van der Waals surface area contributed by atoms with E-state index >= 15 is 0 Å². The summed E-state index contributed by atoms with van der Waals surface area (Å²) < 4.78 is 0. The summed E-state index contributed by atoms with van der Waals surface area (Å²) in [6.07, 6.45) is 1.74. The highest BCUT2D eigenvalue weighted by atomic mass is 35.5. The summed E-state index contributed by atoms with van der Waals surface area (Å²) in [7, 11) is 0. The fourth-order valence-corrected chi connectivity index (χ4v) is 3.40. The lowest BCUT2D eigenvalue weighted by Crippen LogP contribution is -2.49. The van der Waals surface area contributed by atoms with E-state index in [1.54, 1.807) is 12.1 Å². The lowest BCUT2D eigenvalue weighted by Gasteiger charge is -2.35. The van der Waals surface area contributed by atoms with Crippen LogP contribution in [0.15, 0.2) is 36.5 Å². The van der Waals surface area contributed by atoms with Crippen LogP contribution in [0, 0.1) is 0 Å². The first-order valence-electron chi connectivity index (χ1n) is 8.16. The van der Waals surface area contributed by atoms with Gasteiger partial charge in [-0.3, -0.25) is 9.59 Å². The number of anilines is 1. The van der Waals surface area contributed by atoms with Crippen molar-refractivity contribution in [1.29, 1.82) is 0 Å². The second-order valence-electron chi connectivity index (χ2n) is 6.07. The molecular formula is C18H18Cl2N4O2. The number of pyridine rings is 1. The normalized spacial score (nSPS) is 14.4. The van der Waals surface area contributed by atoms with Gasteiger partial charge in [0.1, 0.15) is 5.82 Å². The zero-order valence-corrected chi connectivity index (χ0v) is 15.5. The van der Waals surface area contributed by atoms with Crippen molar-refractivity contribution in [3.8, 4) is 0 Å². The SMILES string of the molecule is NC(=O)c1cnc(N2CCN(C(=O)Cc3cccc(Cl)c3)CC2)c(Cl)c1. The zero-order valence-electron chi connectivity index (χ0n) is 14.0. The molecule has 1 aromatic heterocycles. The van der Waals surface area contributed by atoms with Crippen LogP contribution in [0.3, 0.4) is 0 Å². The van der Waals surface area contributed by atoms with Crippen LogP contribution in [0.5, 0.6) is 0 Å². The van der Waals surface area contributed by atoms with E-state index in [1.807, 2.05) is 21.9 Å². The first-order chi connectivity index (χ1) is 12.4. The topological polar surface area (TPSA) is 79.5 Å².